The van der Waals surface area contributed by atoms with E-state index in [1.165, 1.54) is 0 Å². The lowest BCUT2D eigenvalue weighted by Gasteiger charge is -2.27. The number of hydrogen-bond donors (Lipinski definition) is 2. The Kier molecular flexibility index (Phi) is 3.52. The molecule has 1 saturated heterocycles. The highest BCUT2D eigenvalue weighted by molar-refractivity contribution is 6.36. The fourth-order valence-electron chi connectivity index (χ4n) is 2.20. The molecule has 5 heteroatoms. The molecule has 3 rings (SSSR count). The summed E-state index contributed by atoms with van der Waals surface area (Å²) in [6.07, 6.45) is 0. The Labute approximate surface area is 111 Å². The van der Waals surface area contributed by atoms with E-state index in [0.717, 1.165) is 47.9 Å². The van der Waals surface area contributed by atoms with Gasteiger partial charge in [0.15, 0.2) is 0 Å². The highest BCUT2D eigenvalue weighted by Gasteiger charge is 2.12. The van der Waals surface area contributed by atoms with Gasteiger partial charge in [-0.3, -0.25) is 0 Å². The molecule has 4 nitrogen and oxygen atoms in total. The molecule has 2 heterocycles. The molecule has 96 valence electrons. The summed E-state index contributed by atoms with van der Waals surface area (Å²) >= 11 is 6.36. The molecule has 0 unspecified atom stereocenters. The average molecular weight is 266 g/mol. The summed E-state index contributed by atoms with van der Waals surface area (Å²) in [5, 5.41) is 4.06. The maximum Gasteiger partial charge on any atom is 0.0705 e. The van der Waals surface area contributed by atoms with Gasteiger partial charge in [-0.15, -0.1) is 0 Å². The molecular formula is C13H16ClN3O. The number of rotatable bonds is 3. The van der Waals surface area contributed by atoms with Crippen LogP contribution in [0.3, 0.4) is 0 Å². The van der Waals surface area contributed by atoms with Gasteiger partial charge < -0.3 is 9.72 Å². The molecule has 1 aromatic heterocycles. The van der Waals surface area contributed by atoms with Gasteiger partial charge in [0.2, 0.25) is 0 Å². The molecular weight excluding hydrogens is 250 g/mol. The summed E-state index contributed by atoms with van der Waals surface area (Å²) in [5.74, 6) is 0. The van der Waals surface area contributed by atoms with Gasteiger partial charge in [-0.25, -0.2) is 10.4 Å². The molecule has 1 aliphatic heterocycles. The zero-order valence-corrected chi connectivity index (χ0v) is 10.8. The van der Waals surface area contributed by atoms with Crippen LogP contribution >= 0.6 is 11.6 Å². The quantitative estimate of drug-likeness (QED) is 0.894. The Morgan fingerprint density at radius 1 is 1.28 bits per heavy atom. The Morgan fingerprint density at radius 3 is 2.83 bits per heavy atom. The van der Waals surface area contributed by atoms with E-state index in [1.54, 1.807) is 0 Å². The van der Waals surface area contributed by atoms with Crippen LogP contribution in [0.2, 0.25) is 5.02 Å². The van der Waals surface area contributed by atoms with E-state index >= 15 is 0 Å². The van der Waals surface area contributed by atoms with Gasteiger partial charge in [0.25, 0.3) is 0 Å². The molecule has 0 bridgehead atoms. The predicted octanol–water partition coefficient (Wildman–Crippen LogP) is 2.16. The van der Waals surface area contributed by atoms with E-state index in [2.05, 4.69) is 15.4 Å². The summed E-state index contributed by atoms with van der Waals surface area (Å²) in [5.41, 5.74) is 5.49. The molecule has 0 aliphatic carbocycles. The molecule has 0 amide bonds. The predicted molar refractivity (Wildman–Crippen MR) is 72.5 cm³/mol. The van der Waals surface area contributed by atoms with Crippen molar-refractivity contribution < 1.29 is 4.74 Å². The SMILES string of the molecule is Clc1c(CNN2CCOCC2)[nH]c2ccccc12. The van der Waals surface area contributed by atoms with Crippen LogP contribution in [-0.2, 0) is 11.3 Å². The van der Waals surface area contributed by atoms with Crippen LogP contribution in [0, 0.1) is 0 Å². The number of aromatic nitrogens is 1. The number of fused-ring (bicyclic) bond motifs is 1. The van der Waals surface area contributed by atoms with Crippen molar-refractivity contribution in [2.75, 3.05) is 26.3 Å². The normalized spacial score (nSPS) is 17.4. The summed E-state index contributed by atoms with van der Waals surface area (Å²) in [4.78, 5) is 3.35. The van der Waals surface area contributed by atoms with Gasteiger partial charge in [0, 0.05) is 24.0 Å². The molecule has 1 fully saturated rings. The van der Waals surface area contributed by atoms with E-state index in [-0.39, 0.29) is 0 Å². The maximum atomic E-state index is 6.36. The van der Waals surface area contributed by atoms with Crippen molar-refractivity contribution in [3.05, 3.63) is 35.0 Å². The van der Waals surface area contributed by atoms with Crippen molar-refractivity contribution in [3.63, 3.8) is 0 Å². The third-order valence-electron chi connectivity index (χ3n) is 3.20. The lowest BCUT2D eigenvalue weighted by Crippen LogP contribution is -2.45. The summed E-state index contributed by atoms with van der Waals surface area (Å²) in [6, 6.07) is 8.08. The lowest BCUT2D eigenvalue weighted by atomic mass is 10.2. The van der Waals surface area contributed by atoms with Crippen molar-refractivity contribution in [1.82, 2.24) is 15.4 Å². The van der Waals surface area contributed by atoms with E-state index in [1.807, 2.05) is 24.3 Å². The number of halogens is 1. The van der Waals surface area contributed by atoms with Crippen LogP contribution in [0.5, 0.6) is 0 Å². The molecule has 0 atom stereocenters. The highest BCUT2D eigenvalue weighted by Crippen LogP contribution is 2.26. The second-order valence-electron chi connectivity index (χ2n) is 4.40. The topological polar surface area (TPSA) is 40.3 Å². The van der Waals surface area contributed by atoms with Crippen LogP contribution in [0.1, 0.15) is 5.69 Å². The number of morpholine rings is 1. The van der Waals surface area contributed by atoms with E-state index in [9.17, 15) is 0 Å². The number of nitrogens with one attached hydrogen (secondary N) is 2. The van der Waals surface area contributed by atoms with Gasteiger partial charge in [0.1, 0.15) is 0 Å². The number of aromatic amines is 1. The summed E-state index contributed by atoms with van der Waals surface area (Å²) < 4.78 is 5.31. The van der Waals surface area contributed by atoms with Crippen molar-refractivity contribution >= 4 is 22.5 Å². The molecule has 0 spiro atoms. The van der Waals surface area contributed by atoms with Gasteiger partial charge >= 0.3 is 0 Å². The molecule has 2 aromatic rings. The smallest absolute Gasteiger partial charge is 0.0705 e. The van der Waals surface area contributed by atoms with Gasteiger partial charge in [-0.2, -0.15) is 0 Å². The third kappa shape index (κ3) is 2.37. The van der Waals surface area contributed by atoms with Crippen LogP contribution < -0.4 is 5.43 Å². The minimum atomic E-state index is 0.716. The molecule has 2 N–H and O–H groups in total. The second-order valence-corrected chi connectivity index (χ2v) is 4.78. The summed E-state index contributed by atoms with van der Waals surface area (Å²) in [7, 11) is 0. The first-order valence-electron chi connectivity index (χ1n) is 6.16. The number of ether oxygens (including phenoxy) is 1. The Hall–Kier alpha value is -1.07. The van der Waals surface area contributed by atoms with Crippen LogP contribution in [0.4, 0.5) is 0 Å². The number of para-hydroxylation sites is 1. The first-order chi connectivity index (χ1) is 8.84. The van der Waals surface area contributed by atoms with Crippen LogP contribution in [0.15, 0.2) is 24.3 Å². The fraction of sp³-hybridized carbons (Fsp3) is 0.385. The van der Waals surface area contributed by atoms with Crippen LogP contribution in [0.25, 0.3) is 10.9 Å². The zero-order chi connectivity index (χ0) is 12.4. The highest BCUT2D eigenvalue weighted by atomic mass is 35.5. The molecule has 1 aliphatic rings. The Balaban J connectivity index is 1.72. The van der Waals surface area contributed by atoms with E-state index < -0.39 is 0 Å². The minimum Gasteiger partial charge on any atom is -0.379 e. The maximum absolute atomic E-state index is 6.36. The second kappa shape index (κ2) is 5.28. The molecule has 0 radical (unpaired) electrons. The number of nitrogens with zero attached hydrogens (tertiary/aromatic N) is 1. The van der Waals surface area contributed by atoms with Gasteiger partial charge in [0.05, 0.1) is 30.5 Å². The molecule has 1 aromatic carbocycles. The fourth-order valence-corrected chi connectivity index (χ4v) is 2.48. The van der Waals surface area contributed by atoms with Gasteiger partial charge in [-0.1, -0.05) is 29.8 Å². The number of H-pyrrole nitrogens is 1. The number of hydrazine groups is 1. The first-order valence-corrected chi connectivity index (χ1v) is 6.53. The number of benzene rings is 1. The van der Waals surface area contributed by atoms with Crippen molar-refractivity contribution in [3.8, 4) is 0 Å². The first kappa shape index (κ1) is 12.0. The monoisotopic (exact) mass is 265 g/mol. The van der Waals surface area contributed by atoms with E-state index in [0.29, 0.717) is 6.54 Å². The number of hydrogen-bond acceptors (Lipinski definition) is 3. The van der Waals surface area contributed by atoms with E-state index in [4.69, 9.17) is 16.3 Å². The van der Waals surface area contributed by atoms with Gasteiger partial charge in [-0.05, 0) is 6.07 Å². The zero-order valence-electron chi connectivity index (χ0n) is 10.1. The largest absolute Gasteiger partial charge is 0.379 e. The Bertz CT molecular complexity index is 534. The van der Waals surface area contributed by atoms with Crippen molar-refractivity contribution in [2.45, 2.75) is 6.54 Å². The summed E-state index contributed by atoms with van der Waals surface area (Å²) in [6.45, 7) is 4.12. The van der Waals surface area contributed by atoms with Crippen LogP contribution in [-0.4, -0.2) is 36.3 Å². The Morgan fingerprint density at radius 2 is 2.06 bits per heavy atom. The van der Waals surface area contributed by atoms with Crippen molar-refractivity contribution in [2.24, 2.45) is 0 Å². The standard InChI is InChI=1S/C13H16ClN3O/c14-13-10-3-1-2-4-11(10)16-12(13)9-15-17-5-7-18-8-6-17/h1-4,15-16H,5-9H2. The molecule has 0 saturated carbocycles. The minimum absolute atomic E-state index is 0.716. The third-order valence-corrected chi connectivity index (χ3v) is 3.64. The van der Waals surface area contributed by atoms with Crippen molar-refractivity contribution in [1.29, 1.82) is 0 Å². The molecule has 18 heavy (non-hydrogen) atoms. The average Bonchev–Trinajstić information content (AvgIpc) is 2.75. The lowest BCUT2D eigenvalue weighted by molar-refractivity contribution is 0.0104.